The average molecular weight is 230 g/mol. The molecule has 1 aromatic rings. The van der Waals surface area contributed by atoms with Gasteiger partial charge in [0.15, 0.2) is 0 Å². The first-order valence-corrected chi connectivity index (χ1v) is 5.23. The minimum absolute atomic E-state index is 0.0365. The molecule has 0 unspecified atom stereocenters. The summed E-state index contributed by atoms with van der Waals surface area (Å²) in [6.45, 7) is 0. The van der Waals surface area contributed by atoms with Crippen LogP contribution in [0, 0.1) is 0 Å². The monoisotopic (exact) mass is 230 g/mol. The lowest BCUT2D eigenvalue weighted by Crippen LogP contribution is -2.22. The Balaban J connectivity index is 2.43. The van der Waals surface area contributed by atoms with Gasteiger partial charge in [0.1, 0.15) is 0 Å². The molecule has 1 aliphatic rings. The van der Waals surface area contributed by atoms with Gasteiger partial charge in [-0.2, -0.15) is 10.2 Å². The first kappa shape index (κ1) is 11.1. The molecule has 0 radical (unpaired) electrons. The summed E-state index contributed by atoms with van der Waals surface area (Å²) in [7, 11) is 0. The Kier molecular flexibility index (Phi) is 3.04. The van der Waals surface area contributed by atoms with Crippen LogP contribution in [0.4, 0.5) is 0 Å². The van der Waals surface area contributed by atoms with E-state index in [4.69, 9.17) is 17.3 Å². The summed E-state index contributed by atoms with van der Waals surface area (Å²) in [6.07, 6.45) is 3.36. The van der Waals surface area contributed by atoms with Crippen molar-refractivity contribution in [3.05, 3.63) is 34.9 Å². The van der Waals surface area contributed by atoms with Gasteiger partial charge in [0, 0.05) is 5.56 Å². The minimum Gasteiger partial charge on any atom is -0.369 e. The fourth-order valence-corrected chi connectivity index (χ4v) is 1.96. The van der Waals surface area contributed by atoms with Crippen molar-refractivity contribution in [3.8, 4) is 0 Å². The Morgan fingerprint density at radius 3 is 2.76 bits per heavy atom. The van der Waals surface area contributed by atoms with Crippen molar-refractivity contribution in [2.75, 3.05) is 0 Å². The van der Waals surface area contributed by atoms with E-state index in [-0.39, 0.29) is 5.96 Å². The molecule has 2 rings (SSSR count). The molecule has 0 saturated carbocycles. The lowest BCUT2D eigenvalue weighted by atomic mass is 10.0. The number of guanidine groups is 1. The summed E-state index contributed by atoms with van der Waals surface area (Å²) in [5.41, 5.74) is 14.7. The van der Waals surface area contributed by atoms with E-state index in [2.05, 4.69) is 15.3 Å². The van der Waals surface area contributed by atoms with Crippen LogP contribution >= 0.6 is 0 Å². The Hall–Kier alpha value is -2.37. The average Bonchev–Trinajstić information content (AvgIpc) is 2.71. The number of fused-ring (bicyclic) bond motifs is 1. The Morgan fingerprint density at radius 1 is 1.24 bits per heavy atom. The highest BCUT2D eigenvalue weighted by molar-refractivity contribution is 6.06. The Labute approximate surface area is 98.9 Å². The van der Waals surface area contributed by atoms with Crippen molar-refractivity contribution in [1.29, 1.82) is 0 Å². The molecule has 0 bridgehead atoms. The molecular weight excluding hydrogens is 216 g/mol. The normalized spacial score (nSPS) is 16.4. The first-order chi connectivity index (χ1) is 8.22. The number of rotatable bonds is 2. The second-order valence-electron chi connectivity index (χ2n) is 3.72. The van der Waals surface area contributed by atoms with E-state index in [9.17, 15) is 0 Å². The van der Waals surface area contributed by atoms with Gasteiger partial charge in [-0.05, 0) is 24.0 Å². The number of benzene rings is 1. The molecule has 0 aliphatic heterocycles. The van der Waals surface area contributed by atoms with E-state index >= 15 is 0 Å². The highest BCUT2D eigenvalue weighted by Crippen LogP contribution is 2.25. The molecule has 0 heterocycles. The fraction of sp³-hybridized carbons (Fsp3) is 0.182. The number of hydrogen-bond donors (Lipinski definition) is 3. The summed E-state index contributed by atoms with van der Waals surface area (Å²) >= 11 is 0. The van der Waals surface area contributed by atoms with Crippen molar-refractivity contribution < 1.29 is 0 Å². The van der Waals surface area contributed by atoms with Crippen LogP contribution in [0.5, 0.6) is 0 Å². The van der Waals surface area contributed by atoms with E-state index in [1.54, 1.807) is 6.21 Å². The highest BCUT2D eigenvalue weighted by Gasteiger charge is 2.19. The summed E-state index contributed by atoms with van der Waals surface area (Å²) in [5.74, 6) is 5.14. The van der Waals surface area contributed by atoms with Crippen molar-refractivity contribution >= 4 is 17.9 Å². The molecule has 1 aliphatic carbocycles. The van der Waals surface area contributed by atoms with E-state index in [0.29, 0.717) is 0 Å². The topological polar surface area (TPSA) is 115 Å². The molecular formula is C11H14N6. The maximum atomic E-state index is 5.25. The van der Waals surface area contributed by atoms with Crippen molar-refractivity contribution in [2.24, 2.45) is 32.6 Å². The number of hydrazone groups is 1. The zero-order valence-electron chi connectivity index (χ0n) is 9.30. The third kappa shape index (κ3) is 2.25. The fourth-order valence-electron chi connectivity index (χ4n) is 1.96. The van der Waals surface area contributed by atoms with Gasteiger partial charge in [0.05, 0.1) is 11.9 Å². The predicted molar refractivity (Wildman–Crippen MR) is 68.9 cm³/mol. The maximum Gasteiger partial charge on any atom is 0.211 e. The summed E-state index contributed by atoms with van der Waals surface area (Å²) < 4.78 is 0. The number of nitrogens with zero attached hydrogens (tertiary/aromatic N) is 3. The molecule has 0 aromatic heterocycles. The Bertz CT molecular complexity index is 511. The molecule has 6 nitrogen and oxygen atoms in total. The molecule has 6 N–H and O–H groups in total. The SMILES string of the molecule is NN=Cc1cccc2c1CCC2=NN=C(N)N. The maximum absolute atomic E-state index is 5.25. The zero-order chi connectivity index (χ0) is 12.3. The number of hydrogen-bond acceptors (Lipinski definition) is 4. The smallest absolute Gasteiger partial charge is 0.211 e. The van der Waals surface area contributed by atoms with Gasteiger partial charge in [0.2, 0.25) is 5.96 Å². The van der Waals surface area contributed by atoms with Gasteiger partial charge in [-0.1, -0.05) is 18.2 Å². The lowest BCUT2D eigenvalue weighted by Gasteiger charge is -2.02. The van der Waals surface area contributed by atoms with Crippen molar-refractivity contribution in [1.82, 2.24) is 0 Å². The lowest BCUT2D eigenvalue weighted by molar-refractivity contribution is 1.07. The second-order valence-corrected chi connectivity index (χ2v) is 3.72. The van der Waals surface area contributed by atoms with Crippen LogP contribution in [-0.2, 0) is 6.42 Å². The van der Waals surface area contributed by atoms with Crippen LogP contribution in [0.3, 0.4) is 0 Å². The van der Waals surface area contributed by atoms with Gasteiger partial charge in [-0.25, -0.2) is 0 Å². The van der Waals surface area contributed by atoms with Crippen molar-refractivity contribution in [3.63, 3.8) is 0 Å². The number of nitrogens with two attached hydrogens (primary N) is 3. The first-order valence-electron chi connectivity index (χ1n) is 5.23. The van der Waals surface area contributed by atoms with E-state index in [1.807, 2.05) is 18.2 Å². The Morgan fingerprint density at radius 2 is 2.06 bits per heavy atom. The van der Waals surface area contributed by atoms with Gasteiger partial charge in [-0.15, -0.1) is 5.10 Å². The quantitative estimate of drug-likeness (QED) is 0.285. The molecule has 0 atom stereocenters. The standard InChI is InChI=1S/C11H14N6/c12-11(13)17-16-10-5-4-8-7(6-15-14)2-1-3-9(8)10/h1-3,6H,4-5,14H2,(H4,12,13,17). The molecule has 17 heavy (non-hydrogen) atoms. The molecule has 0 amide bonds. The molecule has 0 fully saturated rings. The third-order valence-electron chi connectivity index (χ3n) is 2.63. The van der Waals surface area contributed by atoms with Gasteiger partial charge < -0.3 is 17.3 Å². The van der Waals surface area contributed by atoms with Gasteiger partial charge in [0.25, 0.3) is 0 Å². The molecule has 0 saturated heterocycles. The predicted octanol–water partition coefficient (Wildman–Crippen LogP) is -0.0971. The second kappa shape index (κ2) is 4.65. The van der Waals surface area contributed by atoms with Crippen LogP contribution in [0.15, 0.2) is 33.5 Å². The minimum atomic E-state index is -0.0365. The van der Waals surface area contributed by atoms with Crippen LogP contribution < -0.4 is 17.3 Å². The summed E-state index contributed by atoms with van der Waals surface area (Å²) in [4.78, 5) is 0. The van der Waals surface area contributed by atoms with Gasteiger partial charge >= 0.3 is 0 Å². The van der Waals surface area contributed by atoms with E-state index in [0.717, 1.165) is 29.7 Å². The third-order valence-corrected chi connectivity index (χ3v) is 2.63. The zero-order valence-corrected chi connectivity index (χ0v) is 9.30. The largest absolute Gasteiger partial charge is 0.369 e. The van der Waals surface area contributed by atoms with Crippen LogP contribution in [-0.4, -0.2) is 17.9 Å². The molecule has 1 aromatic carbocycles. The summed E-state index contributed by atoms with van der Waals surface area (Å²) in [5, 5.41) is 11.3. The van der Waals surface area contributed by atoms with E-state index < -0.39 is 0 Å². The van der Waals surface area contributed by atoms with E-state index in [1.165, 1.54) is 5.56 Å². The highest BCUT2D eigenvalue weighted by atomic mass is 15.3. The molecule has 88 valence electrons. The molecule has 0 spiro atoms. The molecule has 6 heteroatoms. The van der Waals surface area contributed by atoms with Gasteiger partial charge in [-0.3, -0.25) is 0 Å². The van der Waals surface area contributed by atoms with Crippen LogP contribution in [0.2, 0.25) is 0 Å². The van der Waals surface area contributed by atoms with Crippen LogP contribution in [0.1, 0.15) is 23.1 Å². The van der Waals surface area contributed by atoms with Crippen LogP contribution in [0.25, 0.3) is 0 Å². The summed E-state index contributed by atoms with van der Waals surface area (Å²) in [6, 6.07) is 5.90. The van der Waals surface area contributed by atoms with Crippen molar-refractivity contribution in [2.45, 2.75) is 12.8 Å².